The van der Waals surface area contributed by atoms with Gasteiger partial charge in [0.05, 0.1) is 12.7 Å². The molecule has 3 aromatic rings. The number of likely N-dealkylation sites (tertiary alicyclic amines) is 1. The number of alkyl halides is 3. The molecule has 0 atom stereocenters. The van der Waals surface area contributed by atoms with Crippen LogP contribution in [0, 0.1) is 6.57 Å². The Morgan fingerprint density at radius 2 is 1.89 bits per heavy atom. The molecule has 180 valence electrons. The first-order chi connectivity index (χ1) is 16.7. The molecule has 3 heterocycles. The Labute approximate surface area is 204 Å². The van der Waals surface area contributed by atoms with Crippen LogP contribution >= 0.6 is 11.6 Å². The van der Waals surface area contributed by atoms with Gasteiger partial charge in [-0.2, -0.15) is 13.2 Å². The van der Waals surface area contributed by atoms with Crippen LogP contribution in [0.1, 0.15) is 34.5 Å². The zero-order valence-corrected chi connectivity index (χ0v) is 19.3. The van der Waals surface area contributed by atoms with Crippen LogP contribution in [0.3, 0.4) is 0 Å². The lowest BCUT2D eigenvalue weighted by Crippen LogP contribution is -2.50. The smallest absolute Gasteiger partial charge is 0.419 e. The highest BCUT2D eigenvalue weighted by molar-refractivity contribution is 6.30. The number of amides is 1. The fourth-order valence-corrected chi connectivity index (χ4v) is 4.97. The predicted octanol–water partition coefficient (Wildman–Crippen LogP) is 6.23. The topological polar surface area (TPSA) is 48.1 Å². The molecule has 0 aliphatic carbocycles. The van der Waals surface area contributed by atoms with E-state index in [0.717, 1.165) is 30.6 Å². The monoisotopic (exact) mass is 501 g/mol. The summed E-state index contributed by atoms with van der Waals surface area (Å²) in [6.45, 7) is 8.19. The highest BCUT2D eigenvalue weighted by Crippen LogP contribution is 2.48. The normalized spacial score (nSPS) is 16.2. The quantitative estimate of drug-likeness (QED) is 0.391. The standard InChI is InChI=1S/C25H19ClF3N3O3/c1-30-22-8-7-21-24(35-20-14-16(26)4-6-18(20)32(21)22)9-11-31(12-10-24)23(33)15-3-5-17(25(27,28)29)19(13-15)34-2/h3-8,13-14H,9-12H2,2H3. The summed E-state index contributed by atoms with van der Waals surface area (Å²) in [5, 5.41) is 0.503. The molecule has 1 amide bonds. The fourth-order valence-electron chi connectivity index (χ4n) is 4.81. The average Bonchev–Trinajstić information content (AvgIpc) is 3.28. The van der Waals surface area contributed by atoms with Crippen LogP contribution in [0.5, 0.6) is 11.5 Å². The Morgan fingerprint density at radius 1 is 1.14 bits per heavy atom. The van der Waals surface area contributed by atoms with Gasteiger partial charge in [-0.15, -0.1) is 0 Å². The van der Waals surface area contributed by atoms with Gasteiger partial charge in [0.25, 0.3) is 5.91 Å². The zero-order chi connectivity index (χ0) is 25.0. The molecular formula is C25H19ClF3N3O3. The van der Waals surface area contributed by atoms with Crippen LogP contribution in [-0.2, 0) is 11.8 Å². The zero-order valence-electron chi connectivity index (χ0n) is 18.5. The molecule has 5 rings (SSSR count). The van der Waals surface area contributed by atoms with Crippen molar-refractivity contribution >= 4 is 23.3 Å². The minimum Gasteiger partial charge on any atom is -0.496 e. The number of aromatic nitrogens is 1. The van der Waals surface area contributed by atoms with Gasteiger partial charge in [0, 0.05) is 42.6 Å². The summed E-state index contributed by atoms with van der Waals surface area (Å²) in [6.07, 6.45) is -3.71. The first kappa shape index (κ1) is 23.1. The molecule has 0 bridgehead atoms. The Morgan fingerprint density at radius 3 is 2.54 bits per heavy atom. The number of rotatable bonds is 2. The second-order valence-corrected chi connectivity index (χ2v) is 8.87. The van der Waals surface area contributed by atoms with Gasteiger partial charge in [-0.05, 0) is 42.5 Å². The Kier molecular flexibility index (Phi) is 5.44. The Bertz CT molecular complexity index is 1370. The highest BCUT2D eigenvalue weighted by atomic mass is 35.5. The minimum absolute atomic E-state index is 0.117. The van der Waals surface area contributed by atoms with E-state index in [9.17, 15) is 18.0 Å². The van der Waals surface area contributed by atoms with Gasteiger partial charge in [-0.25, -0.2) is 0 Å². The second kappa shape index (κ2) is 8.24. The maximum atomic E-state index is 13.2. The molecule has 1 saturated heterocycles. The van der Waals surface area contributed by atoms with E-state index < -0.39 is 23.1 Å². The van der Waals surface area contributed by atoms with Crippen molar-refractivity contribution in [3.8, 4) is 17.2 Å². The third kappa shape index (κ3) is 3.78. The van der Waals surface area contributed by atoms with Gasteiger partial charge in [0.15, 0.2) is 17.0 Å². The van der Waals surface area contributed by atoms with E-state index in [4.69, 9.17) is 27.6 Å². The number of carbonyl (C=O) groups is 1. The molecule has 10 heteroatoms. The predicted molar refractivity (Wildman–Crippen MR) is 122 cm³/mol. The maximum absolute atomic E-state index is 13.2. The van der Waals surface area contributed by atoms with Crippen LogP contribution in [-0.4, -0.2) is 35.6 Å². The van der Waals surface area contributed by atoms with Crippen LogP contribution in [0.15, 0.2) is 48.5 Å². The molecular weight excluding hydrogens is 483 g/mol. The molecule has 0 N–H and O–H groups in total. The number of carbonyl (C=O) groups excluding carboxylic acids is 1. The number of nitrogens with zero attached hydrogens (tertiary/aromatic N) is 3. The molecule has 0 unspecified atom stereocenters. The lowest BCUT2D eigenvalue weighted by molar-refractivity contribution is -0.138. The largest absolute Gasteiger partial charge is 0.496 e. The van der Waals surface area contributed by atoms with Crippen molar-refractivity contribution in [2.75, 3.05) is 20.2 Å². The van der Waals surface area contributed by atoms with Gasteiger partial charge in [0.1, 0.15) is 11.4 Å². The van der Waals surface area contributed by atoms with E-state index in [2.05, 4.69) is 4.85 Å². The first-order valence-electron chi connectivity index (χ1n) is 10.8. The number of halogens is 4. The number of ether oxygens (including phenoxy) is 2. The minimum atomic E-state index is -4.58. The number of fused-ring (bicyclic) bond motifs is 4. The van der Waals surface area contributed by atoms with Crippen LogP contribution in [0.25, 0.3) is 10.5 Å². The Hall–Kier alpha value is -3.64. The SMILES string of the molecule is [C-]#[N+]c1ccc2n1-c1ccc(Cl)cc1OC21CCN(C(=O)c2ccc(C(F)(F)F)c(OC)c2)CC1. The van der Waals surface area contributed by atoms with E-state index >= 15 is 0 Å². The molecule has 0 saturated carbocycles. The van der Waals surface area contributed by atoms with Crippen molar-refractivity contribution < 1.29 is 27.4 Å². The number of benzene rings is 2. The summed E-state index contributed by atoms with van der Waals surface area (Å²) in [4.78, 5) is 18.4. The van der Waals surface area contributed by atoms with E-state index in [1.165, 1.54) is 6.07 Å². The van der Waals surface area contributed by atoms with Crippen LogP contribution in [0.2, 0.25) is 5.02 Å². The maximum Gasteiger partial charge on any atom is 0.419 e. The van der Waals surface area contributed by atoms with E-state index in [1.54, 1.807) is 29.2 Å². The Balaban J connectivity index is 1.42. The van der Waals surface area contributed by atoms with Crippen molar-refractivity contribution in [1.82, 2.24) is 9.47 Å². The van der Waals surface area contributed by atoms with E-state index in [1.807, 2.05) is 10.6 Å². The van der Waals surface area contributed by atoms with Crippen molar-refractivity contribution in [2.45, 2.75) is 24.6 Å². The molecule has 2 aliphatic rings. The van der Waals surface area contributed by atoms with Crippen molar-refractivity contribution in [2.24, 2.45) is 0 Å². The lowest BCUT2D eigenvalue weighted by Gasteiger charge is -2.43. The van der Waals surface area contributed by atoms with Crippen LogP contribution < -0.4 is 9.47 Å². The molecule has 6 nitrogen and oxygen atoms in total. The average molecular weight is 502 g/mol. The molecule has 2 aliphatic heterocycles. The van der Waals surface area contributed by atoms with E-state index in [-0.39, 0.29) is 11.5 Å². The molecule has 1 aromatic heterocycles. The molecule has 1 fully saturated rings. The van der Waals surface area contributed by atoms with Crippen molar-refractivity contribution in [3.05, 3.63) is 81.8 Å². The summed E-state index contributed by atoms with van der Waals surface area (Å²) in [7, 11) is 1.14. The molecule has 35 heavy (non-hydrogen) atoms. The second-order valence-electron chi connectivity index (χ2n) is 8.44. The van der Waals surface area contributed by atoms with Crippen molar-refractivity contribution in [3.63, 3.8) is 0 Å². The highest BCUT2D eigenvalue weighted by Gasteiger charge is 2.47. The number of piperidine rings is 1. The van der Waals surface area contributed by atoms with E-state index in [0.29, 0.717) is 42.5 Å². The first-order valence-corrected chi connectivity index (χ1v) is 11.2. The van der Waals surface area contributed by atoms with Gasteiger partial charge in [-0.3, -0.25) is 9.36 Å². The van der Waals surface area contributed by atoms with Gasteiger partial charge >= 0.3 is 6.18 Å². The number of hydrogen-bond acceptors (Lipinski definition) is 3. The third-order valence-corrected chi connectivity index (χ3v) is 6.76. The van der Waals surface area contributed by atoms with Gasteiger partial charge < -0.3 is 19.2 Å². The van der Waals surface area contributed by atoms with Gasteiger partial charge in [0.2, 0.25) is 5.82 Å². The van der Waals surface area contributed by atoms with Crippen molar-refractivity contribution in [1.29, 1.82) is 0 Å². The summed E-state index contributed by atoms with van der Waals surface area (Å²) in [5.41, 5.74) is -0.0393. The molecule has 1 spiro atoms. The van der Waals surface area contributed by atoms with Crippen LogP contribution in [0.4, 0.5) is 19.0 Å². The summed E-state index contributed by atoms with van der Waals surface area (Å²) in [5.74, 6) is 0.216. The third-order valence-electron chi connectivity index (χ3n) is 6.52. The summed E-state index contributed by atoms with van der Waals surface area (Å²) in [6, 6.07) is 12.0. The molecule has 2 aromatic carbocycles. The lowest BCUT2D eigenvalue weighted by atomic mass is 9.86. The summed E-state index contributed by atoms with van der Waals surface area (Å²) < 4.78 is 52.8. The number of methoxy groups -OCH3 is 1. The number of hydrogen-bond donors (Lipinski definition) is 0. The fraction of sp³-hybridized carbons (Fsp3) is 0.280. The summed E-state index contributed by atoms with van der Waals surface area (Å²) >= 11 is 6.19. The van der Waals surface area contributed by atoms with Gasteiger partial charge in [-0.1, -0.05) is 18.2 Å². The molecule has 0 radical (unpaired) electrons.